The molecular formula is C11H13F3N4. The highest BCUT2D eigenvalue weighted by Crippen LogP contribution is 2.29. The number of aromatic nitrogens is 1. The van der Waals surface area contributed by atoms with Crippen molar-refractivity contribution >= 4 is 5.82 Å². The van der Waals surface area contributed by atoms with Crippen molar-refractivity contribution in [3.63, 3.8) is 0 Å². The zero-order chi connectivity index (χ0) is 13.8. The predicted molar refractivity (Wildman–Crippen MR) is 61.0 cm³/mol. The Labute approximate surface area is 103 Å². The predicted octanol–water partition coefficient (Wildman–Crippen LogP) is 1.95. The fourth-order valence-electron chi connectivity index (χ4n) is 1.24. The van der Waals surface area contributed by atoms with E-state index in [1.807, 2.05) is 19.0 Å². The second-order valence-corrected chi connectivity index (χ2v) is 3.93. The minimum Gasteiger partial charge on any atom is -0.368 e. The monoisotopic (exact) mass is 258 g/mol. The van der Waals surface area contributed by atoms with Gasteiger partial charge in [0.2, 0.25) is 0 Å². The molecule has 0 aliphatic rings. The normalized spacial score (nSPS) is 11.4. The van der Waals surface area contributed by atoms with Gasteiger partial charge < -0.3 is 10.2 Å². The zero-order valence-electron chi connectivity index (χ0n) is 10.0. The summed E-state index contributed by atoms with van der Waals surface area (Å²) in [5, 5.41) is 11.5. The summed E-state index contributed by atoms with van der Waals surface area (Å²) in [6, 6.07) is 3.73. The van der Waals surface area contributed by atoms with Gasteiger partial charge in [-0.05, 0) is 26.2 Å². The molecule has 0 amide bonds. The molecule has 0 saturated carbocycles. The lowest BCUT2D eigenvalue weighted by Crippen LogP contribution is -2.22. The van der Waals surface area contributed by atoms with Gasteiger partial charge in [-0.1, -0.05) is 0 Å². The minimum atomic E-state index is -4.51. The van der Waals surface area contributed by atoms with Gasteiger partial charge in [0, 0.05) is 13.1 Å². The molecule has 18 heavy (non-hydrogen) atoms. The van der Waals surface area contributed by atoms with Gasteiger partial charge in [0.15, 0.2) is 0 Å². The number of hydrogen-bond acceptors (Lipinski definition) is 4. The Morgan fingerprint density at radius 3 is 2.56 bits per heavy atom. The highest BCUT2D eigenvalue weighted by Gasteiger charge is 2.33. The Bertz CT molecular complexity index is 449. The summed E-state index contributed by atoms with van der Waals surface area (Å²) < 4.78 is 37.4. The van der Waals surface area contributed by atoms with Crippen LogP contribution >= 0.6 is 0 Å². The molecule has 1 N–H and O–H groups in total. The number of hydrogen-bond donors (Lipinski definition) is 1. The number of halogens is 3. The van der Waals surface area contributed by atoms with Crippen molar-refractivity contribution in [2.75, 3.05) is 32.5 Å². The number of nitrogens with one attached hydrogen (secondary N) is 1. The van der Waals surface area contributed by atoms with Gasteiger partial charge in [-0.25, -0.2) is 4.98 Å². The number of anilines is 1. The first-order valence-corrected chi connectivity index (χ1v) is 5.21. The largest absolute Gasteiger partial charge is 0.433 e. The maximum Gasteiger partial charge on any atom is 0.433 e. The standard InChI is InChI=1S/C11H13F3N4/c1-18(2)6-5-16-10-8(7-15)3-4-9(17-10)11(12,13)14/h3-4H,5-6H2,1-2H3,(H,16,17). The van der Waals surface area contributed by atoms with E-state index in [1.165, 1.54) is 0 Å². The molecule has 0 unspecified atom stereocenters. The molecule has 98 valence electrons. The number of likely N-dealkylation sites (N-methyl/N-ethyl adjacent to an activating group) is 1. The molecule has 0 fully saturated rings. The summed E-state index contributed by atoms with van der Waals surface area (Å²) in [5.74, 6) is -0.0332. The number of nitriles is 1. The van der Waals surface area contributed by atoms with E-state index in [0.29, 0.717) is 13.1 Å². The van der Waals surface area contributed by atoms with Crippen LogP contribution in [0.25, 0.3) is 0 Å². The average Bonchev–Trinajstić information content (AvgIpc) is 2.27. The van der Waals surface area contributed by atoms with Crippen LogP contribution in [0.2, 0.25) is 0 Å². The van der Waals surface area contributed by atoms with Gasteiger partial charge in [0.25, 0.3) is 0 Å². The van der Waals surface area contributed by atoms with Crippen LogP contribution in [-0.2, 0) is 6.18 Å². The summed E-state index contributed by atoms with van der Waals surface area (Å²) in [6.45, 7) is 1.04. The Kier molecular flexibility index (Phi) is 4.50. The summed E-state index contributed by atoms with van der Waals surface area (Å²) >= 11 is 0. The second kappa shape index (κ2) is 5.69. The minimum absolute atomic E-state index is 0.0332. The zero-order valence-corrected chi connectivity index (χ0v) is 10.0. The number of nitrogens with zero attached hydrogens (tertiary/aromatic N) is 3. The van der Waals surface area contributed by atoms with E-state index in [0.717, 1.165) is 12.1 Å². The molecule has 1 heterocycles. The second-order valence-electron chi connectivity index (χ2n) is 3.93. The van der Waals surface area contributed by atoms with Crippen LogP contribution in [0, 0.1) is 11.3 Å². The molecule has 4 nitrogen and oxygen atoms in total. The van der Waals surface area contributed by atoms with Crippen LogP contribution in [-0.4, -0.2) is 37.1 Å². The van der Waals surface area contributed by atoms with Crippen LogP contribution in [0.15, 0.2) is 12.1 Å². The number of rotatable bonds is 4. The topological polar surface area (TPSA) is 52.0 Å². The van der Waals surface area contributed by atoms with E-state index in [2.05, 4.69) is 10.3 Å². The Morgan fingerprint density at radius 1 is 1.39 bits per heavy atom. The third kappa shape index (κ3) is 3.89. The van der Waals surface area contributed by atoms with E-state index in [1.54, 1.807) is 6.07 Å². The first-order chi connectivity index (χ1) is 8.34. The third-order valence-corrected chi connectivity index (χ3v) is 2.16. The van der Waals surface area contributed by atoms with Gasteiger partial charge in [0.1, 0.15) is 17.6 Å². The highest BCUT2D eigenvalue weighted by molar-refractivity contribution is 5.52. The van der Waals surface area contributed by atoms with Crippen molar-refractivity contribution in [3.05, 3.63) is 23.4 Å². The molecule has 1 aromatic rings. The van der Waals surface area contributed by atoms with Gasteiger partial charge in [0.05, 0.1) is 5.56 Å². The van der Waals surface area contributed by atoms with Crippen molar-refractivity contribution in [2.24, 2.45) is 0 Å². The third-order valence-electron chi connectivity index (χ3n) is 2.16. The van der Waals surface area contributed by atoms with Crippen LogP contribution in [0.4, 0.5) is 19.0 Å². The molecule has 7 heteroatoms. The quantitative estimate of drug-likeness (QED) is 0.896. The Hall–Kier alpha value is -1.81. The SMILES string of the molecule is CN(C)CCNc1nc(C(F)(F)F)ccc1C#N. The molecular weight excluding hydrogens is 245 g/mol. The molecule has 0 aromatic carbocycles. The smallest absolute Gasteiger partial charge is 0.368 e. The fourth-order valence-corrected chi connectivity index (χ4v) is 1.24. The van der Waals surface area contributed by atoms with E-state index in [9.17, 15) is 13.2 Å². The molecule has 1 rings (SSSR count). The van der Waals surface area contributed by atoms with E-state index in [4.69, 9.17) is 5.26 Å². The van der Waals surface area contributed by atoms with Gasteiger partial charge in [-0.15, -0.1) is 0 Å². The first-order valence-electron chi connectivity index (χ1n) is 5.21. The first kappa shape index (κ1) is 14.3. The molecule has 0 aliphatic heterocycles. The molecule has 1 aromatic heterocycles. The van der Waals surface area contributed by atoms with E-state index in [-0.39, 0.29) is 11.4 Å². The van der Waals surface area contributed by atoms with E-state index >= 15 is 0 Å². The average molecular weight is 258 g/mol. The maximum absolute atomic E-state index is 12.5. The lowest BCUT2D eigenvalue weighted by molar-refractivity contribution is -0.141. The van der Waals surface area contributed by atoms with Crippen LogP contribution in [0.5, 0.6) is 0 Å². The van der Waals surface area contributed by atoms with Crippen molar-refractivity contribution in [3.8, 4) is 6.07 Å². The molecule has 0 spiro atoms. The summed E-state index contributed by atoms with van der Waals surface area (Å²) in [4.78, 5) is 5.30. The van der Waals surface area contributed by atoms with Crippen LogP contribution in [0.3, 0.4) is 0 Å². The maximum atomic E-state index is 12.5. The fraction of sp³-hybridized carbons (Fsp3) is 0.455. The van der Waals surface area contributed by atoms with Crippen molar-refractivity contribution in [2.45, 2.75) is 6.18 Å². The lowest BCUT2D eigenvalue weighted by Gasteiger charge is -2.13. The Balaban J connectivity index is 2.90. The molecule has 0 bridgehead atoms. The van der Waals surface area contributed by atoms with Gasteiger partial charge in [-0.2, -0.15) is 18.4 Å². The highest BCUT2D eigenvalue weighted by atomic mass is 19.4. The number of alkyl halides is 3. The number of pyridine rings is 1. The van der Waals surface area contributed by atoms with Crippen molar-refractivity contribution in [1.82, 2.24) is 9.88 Å². The van der Waals surface area contributed by atoms with Gasteiger partial charge >= 0.3 is 6.18 Å². The van der Waals surface area contributed by atoms with Crippen molar-refractivity contribution in [1.29, 1.82) is 5.26 Å². The molecule has 0 saturated heterocycles. The summed E-state index contributed by atoms with van der Waals surface area (Å²) in [5.41, 5.74) is -0.907. The molecule has 0 radical (unpaired) electrons. The lowest BCUT2D eigenvalue weighted by atomic mass is 10.2. The van der Waals surface area contributed by atoms with E-state index < -0.39 is 11.9 Å². The summed E-state index contributed by atoms with van der Waals surface area (Å²) in [7, 11) is 3.68. The van der Waals surface area contributed by atoms with Crippen LogP contribution < -0.4 is 5.32 Å². The van der Waals surface area contributed by atoms with Crippen LogP contribution in [0.1, 0.15) is 11.3 Å². The molecule has 0 atom stereocenters. The molecule has 0 aliphatic carbocycles. The Morgan fingerprint density at radius 2 is 2.06 bits per heavy atom. The summed E-state index contributed by atoms with van der Waals surface area (Å²) in [6.07, 6.45) is -4.51. The van der Waals surface area contributed by atoms with Gasteiger partial charge in [-0.3, -0.25) is 0 Å². The van der Waals surface area contributed by atoms with Crippen molar-refractivity contribution < 1.29 is 13.2 Å².